The van der Waals surface area contributed by atoms with Crippen LogP contribution in [0, 0.1) is 0 Å². The summed E-state index contributed by atoms with van der Waals surface area (Å²) in [5, 5.41) is 3.88. The molecule has 1 aromatic rings. The van der Waals surface area contributed by atoms with Crippen LogP contribution in [0.1, 0.15) is 17.9 Å². The molecular formula is C12H23N3O3. The first-order valence-electron chi connectivity index (χ1n) is 6.15. The highest BCUT2D eigenvalue weighted by molar-refractivity contribution is 5.04. The number of aromatic nitrogens is 1. The quantitative estimate of drug-likeness (QED) is 0.619. The van der Waals surface area contributed by atoms with Crippen LogP contribution < -0.4 is 5.73 Å². The minimum absolute atomic E-state index is 0.408. The molecule has 0 atom stereocenters. The van der Waals surface area contributed by atoms with Gasteiger partial charge in [-0.2, -0.15) is 0 Å². The van der Waals surface area contributed by atoms with E-state index in [-0.39, 0.29) is 0 Å². The average molecular weight is 257 g/mol. The van der Waals surface area contributed by atoms with Crippen molar-refractivity contribution >= 4 is 0 Å². The smallest absolute Gasteiger partial charge is 0.151 e. The van der Waals surface area contributed by atoms with Crippen molar-refractivity contribution in [1.82, 2.24) is 10.1 Å². The fourth-order valence-electron chi connectivity index (χ4n) is 1.67. The highest BCUT2D eigenvalue weighted by atomic mass is 16.5. The van der Waals surface area contributed by atoms with Gasteiger partial charge in [0.25, 0.3) is 0 Å². The number of nitrogens with zero attached hydrogens (tertiary/aromatic N) is 2. The monoisotopic (exact) mass is 257 g/mol. The SMILES string of the molecule is COCCCN(CCOC)Cc1cc(CN)no1. The Bertz CT molecular complexity index is 317. The van der Waals surface area contributed by atoms with Crippen LogP contribution >= 0.6 is 0 Å². The average Bonchev–Trinajstić information content (AvgIpc) is 2.83. The molecule has 2 N–H and O–H groups in total. The predicted molar refractivity (Wildman–Crippen MR) is 68.0 cm³/mol. The Morgan fingerprint density at radius 1 is 1.28 bits per heavy atom. The lowest BCUT2D eigenvalue weighted by Crippen LogP contribution is -2.28. The summed E-state index contributed by atoms with van der Waals surface area (Å²) in [6.45, 7) is 4.39. The summed E-state index contributed by atoms with van der Waals surface area (Å²) in [5.41, 5.74) is 6.29. The minimum atomic E-state index is 0.408. The van der Waals surface area contributed by atoms with E-state index in [1.54, 1.807) is 14.2 Å². The lowest BCUT2D eigenvalue weighted by atomic mass is 10.3. The van der Waals surface area contributed by atoms with E-state index < -0.39 is 0 Å². The summed E-state index contributed by atoms with van der Waals surface area (Å²) in [6, 6.07) is 1.90. The number of nitrogens with two attached hydrogens (primary N) is 1. The number of hydrogen-bond acceptors (Lipinski definition) is 6. The molecule has 0 aliphatic carbocycles. The van der Waals surface area contributed by atoms with Crippen LogP contribution in [0.5, 0.6) is 0 Å². The van der Waals surface area contributed by atoms with Crippen LogP contribution in [0.15, 0.2) is 10.6 Å². The number of ether oxygens (including phenoxy) is 2. The molecule has 0 fully saturated rings. The molecule has 0 aliphatic rings. The van der Waals surface area contributed by atoms with E-state index >= 15 is 0 Å². The van der Waals surface area contributed by atoms with Gasteiger partial charge in [-0.25, -0.2) is 0 Å². The predicted octanol–water partition coefficient (Wildman–Crippen LogP) is 0.618. The largest absolute Gasteiger partial charge is 0.385 e. The zero-order valence-electron chi connectivity index (χ0n) is 11.2. The van der Waals surface area contributed by atoms with Crippen LogP contribution in [0.2, 0.25) is 0 Å². The third-order valence-electron chi connectivity index (χ3n) is 2.63. The Labute approximate surface area is 108 Å². The Hall–Kier alpha value is -0.950. The second-order valence-corrected chi connectivity index (χ2v) is 4.10. The van der Waals surface area contributed by atoms with Crippen LogP contribution in [0.3, 0.4) is 0 Å². The molecular weight excluding hydrogens is 234 g/mol. The molecule has 1 aromatic heterocycles. The van der Waals surface area contributed by atoms with Crippen LogP contribution in [0.25, 0.3) is 0 Å². The van der Waals surface area contributed by atoms with Crippen molar-refractivity contribution in [1.29, 1.82) is 0 Å². The van der Waals surface area contributed by atoms with Gasteiger partial charge in [0, 0.05) is 46.5 Å². The summed E-state index contributed by atoms with van der Waals surface area (Å²) < 4.78 is 15.4. The summed E-state index contributed by atoms with van der Waals surface area (Å²) in [5.74, 6) is 0.837. The Balaban J connectivity index is 2.42. The molecule has 0 radical (unpaired) electrons. The van der Waals surface area contributed by atoms with Crippen molar-refractivity contribution in [2.45, 2.75) is 19.5 Å². The fraction of sp³-hybridized carbons (Fsp3) is 0.750. The van der Waals surface area contributed by atoms with E-state index in [9.17, 15) is 0 Å². The van der Waals surface area contributed by atoms with E-state index in [0.29, 0.717) is 13.2 Å². The van der Waals surface area contributed by atoms with Gasteiger partial charge in [0.05, 0.1) is 18.8 Å². The van der Waals surface area contributed by atoms with Crippen molar-refractivity contribution in [3.8, 4) is 0 Å². The molecule has 0 spiro atoms. The lowest BCUT2D eigenvalue weighted by Gasteiger charge is -2.20. The van der Waals surface area contributed by atoms with E-state index in [1.165, 1.54) is 0 Å². The molecule has 0 aromatic carbocycles. The summed E-state index contributed by atoms with van der Waals surface area (Å²) in [6.07, 6.45) is 0.984. The van der Waals surface area contributed by atoms with Gasteiger partial charge in [-0.1, -0.05) is 5.16 Å². The topological polar surface area (TPSA) is 73.8 Å². The standard InChI is InChI=1S/C12H23N3O3/c1-16-6-3-4-15(5-7-17-2)10-12-8-11(9-13)14-18-12/h8H,3-7,9-10,13H2,1-2H3. The highest BCUT2D eigenvalue weighted by Crippen LogP contribution is 2.07. The summed E-state index contributed by atoms with van der Waals surface area (Å²) >= 11 is 0. The zero-order chi connectivity index (χ0) is 13.2. The Morgan fingerprint density at radius 3 is 2.67 bits per heavy atom. The van der Waals surface area contributed by atoms with Crippen LogP contribution in [-0.4, -0.2) is 50.6 Å². The first-order valence-corrected chi connectivity index (χ1v) is 6.15. The van der Waals surface area contributed by atoms with Gasteiger partial charge in [-0.05, 0) is 6.42 Å². The van der Waals surface area contributed by atoms with Gasteiger partial charge in [0.15, 0.2) is 5.76 Å². The van der Waals surface area contributed by atoms with Gasteiger partial charge < -0.3 is 19.7 Å². The third kappa shape index (κ3) is 5.59. The molecule has 6 nitrogen and oxygen atoms in total. The van der Waals surface area contributed by atoms with Gasteiger partial charge in [0.2, 0.25) is 0 Å². The van der Waals surface area contributed by atoms with Crippen molar-refractivity contribution in [3.63, 3.8) is 0 Å². The zero-order valence-corrected chi connectivity index (χ0v) is 11.2. The highest BCUT2D eigenvalue weighted by Gasteiger charge is 2.10. The van der Waals surface area contributed by atoms with Crippen molar-refractivity contribution in [3.05, 3.63) is 17.5 Å². The van der Waals surface area contributed by atoms with Gasteiger partial charge in [0.1, 0.15) is 0 Å². The first-order chi connectivity index (χ1) is 8.80. The number of methoxy groups -OCH3 is 2. The maximum Gasteiger partial charge on any atom is 0.151 e. The Morgan fingerprint density at radius 2 is 2.06 bits per heavy atom. The maximum atomic E-state index is 5.50. The maximum absolute atomic E-state index is 5.50. The van der Waals surface area contributed by atoms with Gasteiger partial charge >= 0.3 is 0 Å². The molecule has 0 saturated carbocycles. The second-order valence-electron chi connectivity index (χ2n) is 4.10. The van der Waals surface area contributed by atoms with E-state index in [2.05, 4.69) is 10.1 Å². The summed E-state index contributed by atoms with van der Waals surface area (Å²) in [7, 11) is 3.41. The van der Waals surface area contributed by atoms with Crippen molar-refractivity contribution < 1.29 is 14.0 Å². The van der Waals surface area contributed by atoms with Gasteiger partial charge in [-0.15, -0.1) is 0 Å². The number of hydrogen-bond donors (Lipinski definition) is 1. The summed E-state index contributed by atoms with van der Waals surface area (Å²) in [4.78, 5) is 2.25. The molecule has 104 valence electrons. The van der Waals surface area contributed by atoms with Crippen molar-refractivity contribution in [2.24, 2.45) is 5.73 Å². The minimum Gasteiger partial charge on any atom is -0.385 e. The molecule has 0 amide bonds. The Kier molecular flexibility index (Phi) is 7.59. The second kappa shape index (κ2) is 9.04. The van der Waals surface area contributed by atoms with Crippen LogP contribution in [0.4, 0.5) is 0 Å². The molecule has 18 heavy (non-hydrogen) atoms. The molecule has 0 saturated heterocycles. The van der Waals surface area contributed by atoms with Crippen molar-refractivity contribution in [2.75, 3.05) is 40.5 Å². The molecule has 1 rings (SSSR count). The fourth-order valence-corrected chi connectivity index (χ4v) is 1.67. The van der Waals surface area contributed by atoms with E-state index in [1.807, 2.05) is 6.07 Å². The molecule has 1 heterocycles. The van der Waals surface area contributed by atoms with Crippen LogP contribution in [-0.2, 0) is 22.6 Å². The normalized spacial score (nSPS) is 11.3. The van der Waals surface area contributed by atoms with E-state index in [0.717, 1.165) is 44.1 Å². The number of rotatable bonds is 10. The third-order valence-corrected chi connectivity index (χ3v) is 2.63. The lowest BCUT2D eigenvalue weighted by molar-refractivity contribution is 0.123. The van der Waals surface area contributed by atoms with Gasteiger partial charge in [-0.3, -0.25) is 4.90 Å². The molecule has 0 aliphatic heterocycles. The molecule has 0 bridgehead atoms. The molecule has 6 heteroatoms. The van der Waals surface area contributed by atoms with E-state index in [4.69, 9.17) is 19.7 Å². The first kappa shape index (κ1) is 15.1. The molecule has 0 unspecified atom stereocenters.